The van der Waals surface area contributed by atoms with Crippen LogP contribution in [0.15, 0.2) is 42.5 Å². The Bertz CT molecular complexity index is 1210. The summed E-state index contributed by atoms with van der Waals surface area (Å²) in [6.45, 7) is 4.84. The third kappa shape index (κ3) is 3.86. The van der Waals surface area contributed by atoms with Gasteiger partial charge in [0, 0.05) is 40.9 Å². The number of phenolic OH excluding ortho intramolecular Hbond substituents is 1. The van der Waals surface area contributed by atoms with Crippen LogP contribution in [0.5, 0.6) is 11.5 Å². The van der Waals surface area contributed by atoms with Crippen LogP contribution in [0.2, 0.25) is 0 Å². The first kappa shape index (κ1) is 23.2. The van der Waals surface area contributed by atoms with E-state index < -0.39 is 29.5 Å². The number of fused-ring (bicyclic) bond motifs is 2. The van der Waals surface area contributed by atoms with Crippen molar-refractivity contribution < 1.29 is 28.1 Å². The fraction of sp³-hybridized carbons (Fsp3) is 0.400. The van der Waals surface area contributed by atoms with Crippen LogP contribution >= 0.6 is 0 Å². The maximum absolute atomic E-state index is 14.3. The fourth-order valence-corrected chi connectivity index (χ4v) is 5.09. The summed E-state index contributed by atoms with van der Waals surface area (Å²) in [5.74, 6) is -1.30. The Morgan fingerprint density at radius 1 is 1.18 bits per heavy atom. The zero-order valence-corrected chi connectivity index (χ0v) is 18.9. The van der Waals surface area contributed by atoms with E-state index in [1.165, 1.54) is 19.2 Å². The molecule has 0 saturated carbocycles. The number of ether oxygens (including phenoxy) is 1. The van der Waals surface area contributed by atoms with Crippen LogP contribution in [0.25, 0.3) is 10.9 Å². The van der Waals surface area contributed by atoms with Gasteiger partial charge in [-0.05, 0) is 54.7 Å². The predicted molar refractivity (Wildman–Crippen MR) is 121 cm³/mol. The fourth-order valence-electron chi connectivity index (χ4n) is 5.09. The number of phenols is 1. The molecule has 0 aliphatic heterocycles. The summed E-state index contributed by atoms with van der Waals surface area (Å²) in [6.07, 6.45) is -5.47. The number of aryl methyl sites for hydroxylation is 1. The van der Waals surface area contributed by atoms with Gasteiger partial charge in [-0.1, -0.05) is 19.9 Å². The van der Waals surface area contributed by atoms with Crippen molar-refractivity contribution in [2.24, 2.45) is 0 Å². The van der Waals surface area contributed by atoms with E-state index in [-0.39, 0.29) is 23.6 Å². The molecule has 1 aliphatic carbocycles. The number of aromatic hydroxyl groups is 1. The third-order valence-electron chi connectivity index (χ3n) is 6.56. The molecule has 3 aromatic rings. The summed E-state index contributed by atoms with van der Waals surface area (Å²) < 4.78 is 48.2. The minimum Gasteiger partial charge on any atom is -0.507 e. The van der Waals surface area contributed by atoms with Gasteiger partial charge in [0.25, 0.3) is 0 Å². The lowest BCUT2D eigenvalue weighted by atomic mass is 9.60. The highest BCUT2D eigenvalue weighted by Gasteiger charge is 2.63. The second kappa shape index (κ2) is 7.80. The Morgan fingerprint density at radius 2 is 1.91 bits per heavy atom. The zero-order chi connectivity index (χ0) is 24.2. The van der Waals surface area contributed by atoms with Crippen molar-refractivity contribution in [2.75, 3.05) is 19.0 Å². The highest BCUT2D eigenvalue weighted by Crippen LogP contribution is 2.57. The van der Waals surface area contributed by atoms with Gasteiger partial charge >= 0.3 is 6.18 Å². The molecule has 0 bridgehead atoms. The molecule has 2 unspecified atom stereocenters. The van der Waals surface area contributed by atoms with Crippen LogP contribution < -0.4 is 10.1 Å². The van der Waals surface area contributed by atoms with E-state index in [2.05, 4.69) is 10.3 Å². The second-order valence-corrected chi connectivity index (χ2v) is 9.35. The monoisotopic (exact) mass is 460 g/mol. The maximum Gasteiger partial charge on any atom is 0.417 e. The van der Waals surface area contributed by atoms with Gasteiger partial charge in [0.2, 0.25) is 0 Å². The van der Waals surface area contributed by atoms with Crippen LogP contribution in [-0.2, 0) is 5.41 Å². The van der Waals surface area contributed by atoms with Gasteiger partial charge in [-0.15, -0.1) is 0 Å². The highest BCUT2D eigenvalue weighted by atomic mass is 19.4. The number of hydrogen-bond donors (Lipinski definition) is 3. The van der Waals surface area contributed by atoms with Gasteiger partial charge in [-0.25, -0.2) is 0 Å². The van der Waals surface area contributed by atoms with Crippen LogP contribution in [0.4, 0.5) is 18.9 Å². The molecule has 33 heavy (non-hydrogen) atoms. The molecule has 176 valence electrons. The molecule has 2 atom stereocenters. The van der Waals surface area contributed by atoms with E-state index in [0.29, 0.717) is 11.3 Å². The normalized spacial score (nSPS) is 22.1. The lowest BCUT2D eigenvalue weighted by molar-refractivity contribution is -0.277. The summed E-state index contributed by atoms with van der Waals surface area (Å²) in [6, 6.07) is 11.9. The zero-order valence-electron chi connectivity index (χ0n) is 18.9. The molecule has 0 spiro atoms. The molecule has 3 N–H and O–H groups in total. The van der Waals surface area contributed by atoms with Crippen molar-refractivity contribution in [3.63, 3.8) is 0 Å². The van der Waals surface area contributed by atoms with E-state index >= 15 is 0 Å². The molecule has 8 heteroatoms. The van der Waals surface area contributed by atoms with Gasteiger partial charge < -0.3 is 20.3 Å². The molecule has 0 amide bonds. The number of hydrogen-bond acceptors (Lipinski definition) is 5. The minimum atomic E-state index is -4.88. The number of rotatable bonds is 4. The van der Waals surface area contributed by atoms with Gasteiger partial charge in [-0.3, -0.25) is 4.98 Å². The van der Waals surface area contributed by atoms with Crippen molar-refractivity contribution >= 4 is 16.6 Å². The number of alkyl halides is 3. The number of benzene rings is 2. The molecule has 0 fully saturated rings. The molecule has 1 heterocycles. The summed E-state index contributed by atoms with van der Waals surface area (Å²) in [5.41, 5.74) is -1.36. The molecule has 0 radical (unpaired) electrons. The number of anilines is 1. The molecule has 1 aliphatic rings. The quantitative estimate of drug-likeness (QED) is 0.484. The van der Waals surface area contributed by atoms with Crippen molar-refractivity contribution in [2.45, 2.75) is 50.3 Å². The van der Waals surface area contributed by atoms with Crippen LogP contribution in [-0.4, -0.2) is 40.6 Å². The van der Waals surface area contributed by atoms with E-state index in [0.717, 1.165) is 16.6 Å². The van der Waals surface area contributed by atoms with Crippen LogP contribution in [0, 0.1) is 6.92 Å². The largest absolute Gasteiger partial charge is 0.507 e. The number of aromatic nitrogens is 1. The first-order chi connectivity index (χ1) is 15.4. The highest BCUT2D eigenvalue weighted by molar-refractivity contribution is 5.91. The number of halogens is 3. The maximum atomic E-state index is 14.3. The van der Waals surface area contributed by atoms with Gasteiger partial charge in [0.05, 0.1) is 12.6 Å². The lowest BCUT2D eigenvalue weighted by Gasteiger charge is -2.49. The smallest absolute Gasteiger partial charge is 0.417 e. The lowest BCUT2D eigenvalue weighted by Crippen LogP contribution is -2.58. The third-order valence-corrected chi connectivity index (χ3v) is 6.56. The Balaban J connectivity index is 1.83. The minimum absolute atomic E-state index is 0.145. The van der Waals surface area contributed by atoms with E-state index in [9.17, 15) is 23.4 Å². The van der Waals surface area contributed by atoms with Crippen LogP contribution in [0.3, 0.4) is 0 Å². The first-order valence-corrected chi connectivity index (χ1v) is 10.7. The van der Waals surface area contributed by atoms with Crippen molar-refractivity contribution in [1.29, 1.82) is 0 Å². The van der Waals surface area contributed by atoms with E-state index in [1.54, 1.807) is 26.0 Å². The Morgan fingerprint density at radius 3 is 2.58 bits per heavy atom. The molecular weight excluding hydrogens is 433 g/mol. The molecule has 4 rings (SSSR count). The molecule has 5 nitrogen and oxygen atoms in total. The topological polar surface area (TPSA) is 74.6 Å². The number of nitrogens with one attached hydrogen (secondary N) is 1. The molecular formula is C25H27F3N2O3. The SMILES string of the molecule is COc1cc(O)c2c(c1)C(CNc1cccc3nc(C)ccc13)C(O)(C(F)(F)F)CC2(C)C. The van der Waals surface area contributed by atoms with E-state index in [1.807, 2.05) is 25.1 Å². The molecule has 1 aromatic heterocycles. The van der Waals surface area contributed by atoms with Gasteiger partial charge in [0.15, 0.2) is 5.60 Å². The Kier molecular flexibility index (Phi) is 5.47. The summed E-state index contributed by atoms with van der Waals surface area (Å²) in [4.78, 5) is 4.47. The number of methoxy groups -OCH3 is 1. The Labute approximate surface area is 190 Å². The van der Waals surface area contributed by atoms with Crippen molar-refractivity contribution in [3.05, 3.63) is 59.3 Å². The summed E-state index contributed by atoms with van der Waals surface area (Å²) in [5, 5.41) is 25.7. The summed E-state index contributed by atoms with van der Waals surface area (Å²) in [7, 11) is 1.38. The van der Waals surface area contributed by atoms with Crippen LogP contribution in [0.1, 0.15) is 43.0 Å². The predicted octanol–water partition coefficient (Wildman–Crippen LogP) is 5.43. The first-order valence-electron chi connectivity index (χ1n) is 10.7. The standard InChI is InChI=1S/C25H27F3N2O3/c1-14-8-9-16-19(6-5-7-20(16)30-14)29-12-18-17-10-15(33-4)11-21(31)22(17)23(2,3)13-24(18,32)25(26,27)28/h5-11,18,29,31-32H,12-13H2,1-4H3. The average molecular weight is 460 g/mol. The average Bonchev–Trinajstić information content (AvgIpc) is 2.71. The van der Waals surface area contributed by atoms with Gasteiger partial charge in [-0.2, -0.15) is 13.2 Å². The van der Waals surface area contributed by atoms with Crippen molar-refractivity contribution in [1.82, 2.24) is 4.98 Å². The van der Waals surface area contributed by atoms with Gasteiger partial charge in [0.1, 0.15) is 11.5 Å². The molecule has 0 saturated heterocycles. The summed E-state index contributed by atoms with van der Waals surface area (Å²) >= 11 is 0. The van der Waals surface area contributed by atoms with E-state index in [4.69, 9.17) is 4.74 Å². The number of pyridine rings is 1. The number of aliphatic hydroxyl groups is 1. The molecule has 2 aromatic carbocycles. The number of nitrogens with zero attached hydrogens (tertiary/aromatic N) is 1. The second-order valence-electron chi connectivity index (χ2n) is 9.35. The van der Waals surface area contributed by atoms with Crippen molar-refractivity contribution in [3.8, 4) is 11.5 Å². The Hall–Kier alpha value is -3.00.